The highest BCUT2D eigenvalue weighted by Crippen LogP contribution is 2.25. The lowest BCUT2D eigenvalue weighted by molar-refractivity contribution is -0.138. The fraction of sp³-hybridized carbons (Fsp3) is 0.857. The third-order valence-corrected chi connectivity index (χ3v) is 4.38. The van der Waals surface area contributed by atoms with Crippen molar-refractivity contribution >= 4 is 11.9 Å². The predicted octanol–water partition coefficient (Wildman–Crippen LogP) is 0.123. The van der Waals surface area contributed by atoms with Crippen LogP contribution in [-0.2, 0) is 9.59 Å². The molecule has 3 N–H and O–H groups in total. The van der Waals surface area contributed by atoms with Gasteiger partial charge in [-0.1, -0.05) is 0 Å². The number of nitrogens with two attached hydrogens (primary N) is 1. The number of amides is 1. The van der Waals surface area contributed by atoms with Crippen molar-refractivity contribution in [3.8, 4) is 0 Å². The summed E-state index contributed by atoms with van der Waals surface area (Å²) in [4.78, 5) is 27.1. The van der Waals surface area contributed by atoms with Crippen molar-refractivity contribution in [1.82, 2.24) is 9.80 Å². The molecule has 0 bridgehead atoms. The van der Waals surface area contributed by atoms with Gasteiger partial charge in [0.2, 0.25) is 5.91 Å². The number of rotatable bonds is 3. The van der Waals surface area contributed by atoms with Crippen molar-refractivity contribution in [3.63, 3.8) is 0 Å². The highest BCUT2D eigenvalue weighted by Gasteiger charge is 2.29. The van der Waals surface area contributed by atoms with Crippen LogP contribution < -0.4 is 5.73 Å². The molecule has 0 spiro atoms. The Morgan fingerprint density at radius 1 is 1.05 bits per heavy atom. The summed E-state index contributed by atoms with van der Waals surface area (Å²) in [6, 6.07) is 0.259. The van der Waals surface area contributed by atoms with E-state index in [4.69, 9.17) is 10.8 Å². The second-order valence-corrected chi connectivity index (χ2v) is 5.96. The molecule has 0 aromatic rings. The first-order chi connectivity index (χ1) is 9.56. The van der Waals surface area contributed by atoms with Gasteiger partial charge in [0.15, 0.2) is 0 Å². The van der Waals surface area contributed by atoms with Gasteiger partial charge in [0.25, 0.3) is 0 Å². The summed E-state index contributed by atoms with van der Waals surface area (Å²) in [5.74, 6) is -0.430. The number of carboxylic acid groups (broad SMARTS) is 1. The van der Waals surface area contributed by atoms with Crippen LogP contribution in [0.1, 0.15) is 32.1 Å². The van der Waals surface area contributed by atoms with E-state index < -0.39 is 5.97 Å². The molecule has 114 valence electrons. The topological polar surface area (TPSA) is 86.9 Å². The van der Waals surface area contributed by atoms with Crippen molar-refractivity contribution in [2.75, 3.05) is 32.7 Å². The molecule has 1 saturated carbocycles. The highest BCUT2D eigenvalue weighted by atomic mass is 16.4. The number of hydrogen-bond acceptors (Lipinski definition) is 4. The molecule has 20 heavy (non-hydrogen) atoms. The summed E-state index contributed by atoms with van der Waals surface area (Å²) in [6.45, 7) is 2.88. The highest BCUT2D eigenvalue weighted by molar-refractivity contribution is 5.79. The van der Waals surface area contributed by atoms with E-state index in [1.807, 2.05) is 9.80 Å². The molecule has 2 fully saturated rings. The number of carboxylic acids is 1. The van der Waals surface area contributed by atoms with Gasteiger partial charge in [-0.3, -0.25) is 14.5 Å². The van der Waals surface area contributed by atoms with E-state index >= 15 is 0 Å². The van der Waals surface area contributed by atoms with E-state index in [0.717, 1.165) is 45.2 Å². The molecule has 2 rings (SSSR count). The SMILES string of the molecule is NC1CCC(C(=O)N2CCCN(CC(=O)O)CC2)CC1. The predicted molar refractivity (Wildman–Crippen MR) is 75.2 cm³/mol. The summed E-state index contributed by atoms with van der Waals surface area (Å²) < 4.78 is 0. The molecule has 6 nitrogen and oxygen atoms in total. The molecular formula is C14H25N3O3. The minimum absolute atomic E-state index is 0.0698. The van der Waals surface area contributed by atoms with Gasteiger partial charge in [-0.05, 0) is 32.1 Å². The van der Waals surface area contributed by atoms with Crippen molar-refractivity contribution in [3.05, 3.63) is 0 Å². The van der Waals surface area contributed by atoms with Crippen LogP contribution in [0.4, 0.5) is 0 Å². The Balaban J connectivity index is 1.83. The van der Waals surface area contributed by atoms with Crippen molar-refractivity contribution in [2.45, 2.75) is 38.1 Å². The maximum atomic E-state index is 12.5. The van der Waals surface area contributed by atoms with Crippen LogP contribution in [0.2, 0.25) is 0 Å². The Bertz CT molecular complexity index is 354. The normalized spacial score (nSPS) is 28.9. The minimum atomic E-state index is -0.800. The zero-order valence-electron chi connectivity index (χ0n) is 12.0. The molecule has 1 aliphatic heterocycles. The zero-order chi connectivity index (χ0) is 14.5. The van der Waals surface area contributed by atoms with E-state index in [9.17, 15) is 9.59 Å². The number of hydrogen-bond donors (Lipinski definition) is 2. The quantitative estimate of drug-likeness (QED) is 0.768. The Hall–Kier alpha value is -1.14. The number of carbonyl (C=O) groups excluding carboxylic acids is 1. The van der Waals surface area contributed by atoms with Crippen LogP contribution in [0.3, 0.4) is 0 Å². The first kappa shape index (κ1) is 15.3. The molecule has 0 aromatic heterocycles. The summed E-state index contributed by atoms with van der Waals surface area (Å²) in [5.41, 5.74) is 5.88. The van der Waals surface area contributed by atoms with Crippen LogP contribution in [0.25, 0.3) is 0 Å². The van der Waals surface area contributed by atoms with Gasteiger partial charge in [0, 0.05) is 38.1 Å². The molecule has 1 amide bonds. The first-order valence-electron chi connectivity index (χ1n) is 7.55. The van der Waals surface area contributed by atoms with Crippen LogP contribution in [0.15, 0.2) is 0 Å². The average molecular weight is 283 g/mol. The van der Waals surface area contributed by atoms with Gasteiger partial charge < -0.3 is 15.7 Å². The average Bonchev–Trinajstić information content (AvgIpc) is 2.64. The Kier molecular flexibility index (Phi) is 5.37. The van der Waals surface area contributed by atoms with Crippen LogP contribution >= 0.6 is 0 Å². The van der Waals surface area contributed by atoms with E-state index in [1.165, 1.54) is 0 Å². The van der Waals surface area contributed by atoms with Crippen LogP contribution in [-0.4, -0.2) is 65.5 Å². The molecule has 0 unspecified atom stereocenters. The summed E-state index contributed by atoms with van der Waals surface area (Å²) >= 11 is 0. The van der Waals surface area contributed by atoms with Crippen molar-refractivity contribution in [2.24, 2.45) is 11.7 Å². The molecule has 6 heteroatoms. The van der Waals surface area contributed by atoms with E-state index in [1.54, 1.807) is 0 Å². The Morgan fingerprint density at radius 2 is 1.75 bits per heavy atom. The van der Waals surface area contributed by atoms with Crippen LogP contribution in [0.5, 0.6) is 0 Å². The maximum Gasteiger partial charge on any atom is 0.317 e. The van der Waals surface area contributed by atoms with E-state index in [-0.39, 0.29) is 24.4 Å². The van der Waals surface area contributed by atoms with E-state index in [2.05, 4.69) is 0 Å². The number of carbonyl (C=O) groups is 2. The van der Waals surface area contributed by atoms with Crippen LogP contribution in [0, 0.1) is 5.92 Å². The van der Waals surface area contributed by atoms with Gasteiger partial charge in [-0.15, -0.1) is 0 Å². The fourth-order valence-electron chi connectivity index (χ4n) is 3.17. The van der Waals surface area contributed by atoms with Gasteiger partial charge in [0.05, 0.1) is 6.54 Å². The molecule has 1 saturated heterocycles. The summed E-state index contributed by atoms with van der Waals surface area (Å²) in [7, 11) is 0. The Labute approximate surface area is 119 Å². The lowest BCUT2D eigenvalue weighted by Gasteiger charge is -2.30. The molecule has 0 radical (unpaired) electrons. The van der Waals surface area contributed by atoms with Crippen molar-refractivity contribution < 1.29 is 14.7 Å². The third-order valence-electron chi connectivity index (χ3n) is 4.38. The lowest BCUT2D eigenvalue weighted by Crippen LogP contribution is -2.41. The maximum absolute atomic E-state index is 12.5. The van der Waals surface area contributed by atoms with Gasteiger partial charge in [-0.2, -0.15) is 0 Å². The molecular weight excluding hydrogens is 258 g/mol. The second kappa shape index (κ2) is 7.04. The van der Waals surface area contributed by atoms with Gasteiger partial charge >= 0.3 is 5.97 Å². The lowest BCUT2D eigenvalue weighted by atomic mass is 9.85. The van der Waals surface area contributed by atoms with E-state index in [0.29, 0.717) is 13.1 Å². The number of nitrogens with zero attached hydrogens (tertiary/aromatic N) is 2. The molecule has 0 aromatic carbocycles. The fourth-order valence-corrected chi connectivity index (χ4v) is 3.17. The monoisotopic (exact) mass is 283 g/mol. The first-order valence-corrected chi connectivity index (χ1v) is 7.55. The Morgan fingerprint density at radius 3 is 2.40 bits per heavy atom. The molecule has 0 atom stereocenters. The van der Waals surface area contributed by atoms with Crippen molar-refractivity contribution in [1.29, 1.82) is 0 Å². The summed E-state index contributed by atoms with van der Waals surface area (Å²) in [6.07, 6.45) is 4.53. The molecule has 1 heterocycles. The smallest absolute Gasteiger partial charge is 0.317 e. The van der Waals surface area contributed by atoms with Gasteiger partial charge in [0.1, 0.15) is 0 Å². The standard InChI is InChI=1S/C14H25N3O3/c15-12-4-2-11(3-5-12)14(20)17-7-1-6-16(8-9-17)10-13(18)19/h11-12H,1-10,15H2,(H,18,19). The summed E-state index contributed by atoms with van der Waals surface area (Å²) in [5, 5.41) is 8.83. The number of aliphatic carboxylic acids is 1. The molecule has 1 aliphatic carbocycles. The minimum Gasteiger partial charge on any atom is -0.480 e. The third kappa shape index (κ3) is 4.18. The molecule has 2 aliphatic rings. The zero-order valence-corrected chi connectivity index (χ0v) is 12.0. The largest absolute Gasteiger partial charge is 0.480 e. The van der Waals surface area contributed by atoms with Gasteiger partial charge in [-0.25, -0.2) is 0 Å². The second-order valence-electron chi connectivity index (χ2n) is 5.96.